The molecule has 0 fully saturated rings. The molecule has 9 heavy (non-hydrogen) atoms. The Hall–Kier alpha value is -0.0500. The summed E-state index contributed by atoms with van der Waals surface area (Å²) in [6.07, 6.45) is 0.181. The van der Waals surface area contributed by atoms with Crippen molar-refractivity contribution in [3.8, 4) is 0 Å². The van der Waals surface area contributed by atoms with E-state index in [-0.39, 0.29) is 6.10 Å². The monoisotopic (exact) mass is 149 g/mol. The maximum atomic E-state index is 5.42. The summed E-state index contributed by atoms with van der Waals surface area (Å²) < 4.78 is 0. The minimum Gasteiger partial charge on any atom is -0.299 e. The van der Waals surface area contributed by atoms with Crippen molar-refractivity contribution in [3.63, 3.8) is 0 Å². The third-order valence-corrected chi connectivity index (χ3v) is 0.717. The molecule has 0 aromatic rings. The van der Waals surface area contributed by atoms with Crippen LogP contribution in [-0.2, 0) is 4.84 Å². The lowest BCUT2D eigenvalue weighted by Crippen LogP contribution is -2.20. The Bertz CT molecular complexity index is 93.1. The summed E-state index contributed by atoms with van der Waals surface area (Å²) in [6, 6.07) is 0. The molecule has 0 amide bonds. The highest BCUT2D eigenvalue weighted by Gasteiger charge is 1.91. The number of hydrogen-bond acceptors (Lipinski definition) is 2. The van der Waals surface area contributed by atoms with E-state index in [2.05, 4.69) is 12.1 Å². The van der Waals surface area contributed by atoms with Crippen LogP contribution in [0.1, 0.15) is 13.8 Å². The van der Waals surface area contributed by atoms with Gasteiger partial charge in [0.1, 0.15) is 0 Å². The van der Waals surface area contributed by atoms with Crippen LogP contribution < -0.4 is 5.48 Å². The van der Waals surface area contributed by atoms with Gasteiger partial charge in [-0.1, -0.05) is 18.2 Å². The third-order valence-electron chi connectivity index (χ3n) is 0.583. The SMILES string of the molecule is C=C(Cl)CNOC(C)C. The predicted molar refractivity (Wildman–Crippen MR) is 39.2 cm³/mol. The van der Waals surface area contributed by atoms with Crippen LogP contribution in [0.25, 0.3) is 0 Å². The normalized spacial score (nSPS) is 10.2. The van der Waals surface area contributed by atoms with Gasteiger partial charge in [-0.25, -0.2) is 0 Å². The number of hydroxylamine groups is 1. The van der Waals surface area contributed by atoms with E-state index in [1.807, 2.05) is 13.8 Å². The molecule has 0 rings (SSSR count). The molecule has 0 saturated carbocycles. The van der Waals surface area contributed by atoms with Gasteiger partial charge in [0.25, 0.3) is 0 Å². The Balaban J connectivity index is 3.01. The fourth-order valence-corrected chi connectivity index (χ4v) is 0.341. The van der Waals surface area contributed by atoms with Gasteiger partial charge in [0.2, 0.25) is 0 Å². The van der Waals surface area contributed by atoms with Gasteiger partial charge in [-0.05, 0) is 13.8 Å². The van der Waals surface area contributed by atoms with E-state index in [1.54, 1.807) is 0 Å². The average molecular weight is 150 g/mol. The maximum Gasteiger partial charge on any atom is 0.0734 e. The van der Waals surface area contributed by atoms with Crippen molar-refractivity contribution >= 4 is 11.6 Å². The predicted octanol–water partition coefficient (Wildman–Crippen LogP) is 1.67. The Kier molecular flexibility index (Phi) is 4.77. The first-order valence-corrected chi connectivity index (χ1v) is 3.22. The highest BCUT2D eigenvalue weighted by molar-refractivity contribution is 6.29. The summed E-state index contributed by atoms with van der Waals surface area (Å²) in [5.74, 6) is 0. The van der Waals surface area contributed by atoms with E-state index in [1.165, 1.54) is 0 Å². The molecule has 0 heterocycles. The van der Waals surface area contributed by atoms with Crippen LogP contribution >= 0.6 is 11.6 Å². The maximum absolute atomic E-state index is 5.42. The van der Waals surface area contributed by atoms with E-state index in [0.29, 0.717) is 11.6 Å². The number of halogens is 1. The summed E-state index contributed by atoms with van der Waals surface area (Å²) >= 11 is 5.42. The van der Waals surface area contributed by atoms with Crippen LogP contribution in [0.5, 0.6) is 0 Å². The Labute approximate surface area is 60.8 Å². The van der Waals surface area contributed by atoms with E-state index in [0.717, 1.165) is 0 Å². The Morgan fingerprint density at radius 3 is 2.67 bits per heavy atom. The van der Waals surface area contributed by atoms with Crippen molar-refractivity contribution in [1.29, 1.82) is 0 Å². The van der Waals surface area contributed by atoms with E-state index in [4.69, 9.17) is 16.4 Å². The van der Waals surface area contributed by atoms with Crippen LogP contribution in [0, 0.1) is 0 Å². The van der Waals surface area contributed by atoms with Crippen molar-refractivity contribution in [2.24, 2.45) is 0 Å². The molecule has 0 radical (unpaired) electrons. The zero-order valence-corrected chi connectivity index (χ0v) is 6.53. The average Bonchev–Trinajstić information content (AvgIpc) is 1.63. The van der Waals surface area contributed by atoms with Crippen molar-refractivity contribution in [2.45, 2.75) is 20.0 Å². The summed E-state index contributed by atoms with van der Waals surface area (Å²) in [5.41, 5.74) is 2.65. The molecule has 54 valence electrons. The molecule has 0 atom stereocenters. The lowest BCUT2D eigenvalue weighted by molar-refractivity contribution is 0.000971. The highest BCUT2D eigenvalue weighted by atomic mass is 35.5. The number of nitrogens with one attached hydrogen (secondary N) is 1. The first-order chi connectivity index (χ1) is 4.13. The molecule has 0 aliphatic carbocycles. The van der Waals surface area contributed by atoms with E-state index in [9.17, 15) is 0 Å². The Morgan fingerprint density at radius 1 is 1.78 bits per heavy atom. The molecule has 3 heteroatoms. The van der Waals surface area contributed by atoms with Crippen molar-refractivity contribution in [3.05, 3.63) is 11.6 Å². The van der Waals surface area contributed by atoms with Gasteiger partial charge >= 0.3 is 0 Å². The van der Waals surface area contributed by atoms with Gasteiger partial charge in [0.15, 0.2) is 0 Å². The van der Waals surface area contributed by atoms with Gasteiger partial charge in [-0.3, -0.25) is 4.84 Å². The number of hydrogen-bond donors (Lipinski definition) is 1. The van der Waals surface area contributed by atoms with E-state index < -0.39 is 0 Å². The fraction of sp³-hybridized carbons (Fsp3) is 0.667. The minimum absolute atomic E-state index is 0.181. The molecule has 2 nitrogen and oxygen atoms in total. The zero-order chi connectivity index (χ0) is 7.28. The van der Waals surface area contributed by atoms with Gasteiger partial charge in [0.05, 0.1) is 12.6 Å². The summed E-state index contributed by atoms with van der Waals surface area (Å²) in [6.45, 7) is 7.84. The van der Waals surface area contributed by atoms with Crippen LogP contribution in [0.2, 0.25) is 0 Å². The summed E-state index contributed by atoms with van der Waals surface area (Å²) in [7, 11) is 0. The Morgan fingerprint density at radius 2 is 2.33 bits per heavy atom. The van der Waals surface area contributed by atoms with Crippen molar-refractivity contribution < 1.29 is 4.84 Å². The topological polar surface area (TPSA) is 21.3 Å². The summed E-state index contributed by atoms with van der Waals surface area (Å²) in [4.78, 5) is 4.96. The molecule has 0 unspecified atom stereocenters. The van der Waals surface area contributed by atoms with Gasteiger partial charge in [-0.15, -0.1) is 0 Å². The third kappa shape index (κ3) is 7.95. The molecule has 0 spiro atoms. The molecular weight excluding hydrogens is 138 g/mol. The fourth-order valence-electron chi connectivity index (χ4n) is 0.287. The zero-order valence-electron chi connectivity index (χ0n) is 5.78. The lowest BCUT2D eigenvalue weighted by Gasteiger charge is -2.06. The molecule has 0 saturated heterocycles. The van der Waals surface area contributed by atoms with Crippen LogP contribution in [0.15, 0.2) is 11.6 Å². The molecule has 0 aliphatic rings. The quantitative estimate of drug-likeness (QED) is 0.614. The second kappa shape index (κ2) is 4.79. The smallest absolute Gasteiger partial charge is 0.0734 e. The van der Waals surface area contributed by atoms with Crippen LogP contribution in [0.3, 0.4) is 0 Å². The second-order valence-electron chi connectivity index (χ2n) is 2.00. The largest absolute Gasteiger partial charge is 0.299 e. The molecule has 0 aliphatic heterocycles. The van der Waals surface area contributed by atoms with Crippen molar-refractivity contribution in [1.82, 2.24) is 5.48 Å². The van der Waals surface area contributed by atoms with E-state index >= 15 is 0 Å². The molecule has 0 aromatic carbocycles. The molecule has 1 N–H and O–H groups in total. The minimum atomic E-state index is 0.181. The first-order valence-electron chi connectivity index (χ1n) is 2.84. The van der Waals surface area contributed by atoms with Crippen LogP contribution in [-0.4, -0.2) is 12.6 Å². The van der Waals surface area contributed by atoms with Gasteiger partial charge < -0.3 is 0 Å². The summed E-state index contributed by atoms with van der Waals surface area (Å²) in [5, 5.41) is 0.552. The van der Waals surface area contributed by atoms with Gasteiger partial charge in [0, 0.05) is 5.03 Å². The first kappa shape index (κ1) is 8.95. The standard InChI is InChI=1S/C6H12ClNO/c1-5(2)9-8-4-6(3)7/h5,8H,3-4H2,1-2H3. The number of rotatable bonds is 4. The highest BCUT2D eigenvalue weighted by Crippen LogP contribution is 1.92. The molecule has 0 aromatic heterocycles. The molecule has 0 bridgehead atoms. The van der Waals surface area contributed by atoms with Crippen molar-refractivity contribution in [2.75, 3.05) is 6.54 Å². The molecular formula is C6H12ClNO. The second-order valence-corrected chi connectivity index (χ2v) is 2.54. The van der Waals surface area contributed by atoms with Gasteiger partial charge in [-0.2, -0.15) is 5.48 Å². The van der Waals surface area contributed by atoms with Crippen LogP contribution in [0.4, 0.5) is 0 Å². The lowest BCUT2D eigenvalue weighted by atomic mass is 10.5.